The van der Waals surface area contributed by atoms with Crippen molar-refractivity contribution in [3.05, 3.63) is 97.3 Å². The molecule has 0 fully saturated rings. The number of hydrogen-bond donors (Lipinski definition) is 1. The van der Waals surface area contributed by atoms with Gasteiger partial charge in [0.15, 0.2) is 5.78 Å². The van der Waals surface area contributed by atoms with Gasteiger partial charge in [0.25, 0.3) is 5.56 Å². The van der Waals surface area contributed by atoms with Crippen LogP contribution in [0.25, 0.3) is 0 Å². The van der Waals surface area contributed by atoms with Crippen molar-refractivity contribution in [1.29, 1.82) is 0 Å². The van der Waals surface area contributed by atoms with E-state index >= 15 is 0 Å². The van der Waals surface area contributed by atoms with Crippen LogP contribution in [0, 0.1) is 0 Å². The number of thiophene rings is 1. The maximum absolute atomic E-state index is 13.1. The minimum atomic E-state index is -0.679. The molecule has 3 aromatic rings. The Hall–Kier alpha value is -3.23. The molecule has 0 radical (unpaired) electrons. The van der Waals surface area contributed by atoms with Gasteiger partial charge in [-0.05, 0) is 17.0 Å². The van der Waals surface area contributed by atoms with Crippen LogP contribution in [0.1, 0.15) is 20.8 Å². The lowest BCUT2D eigenvalue weighted by Crippen LogP contribution is -2.44. The number of carbonyl (C=O) groups excluding carboxylic acids is 1. The van der Waals surface area contributed by atoms with Gasteiger partial charge < -0.3 is 5.73 Å². The maximum Gasteiger partial charge on any atom is 0.332 e. The molecule has 0 aliphatic carbocycles. The molecule has 2 aromatic heterocycles. The number of nitrogens with two attached hydrogens (primary N) is 1. The van der Waals surface area contributed by atoms with Crippen LogP contribution in [0.2, 0.25) is 0 Å². The first kappa shape index (κ1) is 21.5. The molecule has 3 rings (SSSR count). The fraction of sp³-hybridized carbons (Fsp3) is 0.227. The lowest BCUT2D eigenvalue weighted by molar-refractivity contribution is 0.0932. The number of Topliss-reactive ketones (excluding diaryl/α,β-unsaturated/α-hetero) is 1. The zero-order valence-corrected chi connectivity index (χ0v) is 17.6. The molecule has 0 saturated heterocycles. The van der Waals surface area contributed by atoms with Crippen LogP contribution >= 0.6 is 11.3 Å². The summed E-state index contributed by atoms with van der Waals surface area (Å²) in [7, 11) is 1.36. The second kappa shape index (κ2) is 9.51. The lowest BCUT2D eigenvalue weighted by Gasteiger charge is -2.20. The molecule has 2 heterocycles. The molecule has 7 nitrogen and oxygen atoms in total. The van der Waals surface area contributed by atoms with Crippen LogP contribution in [-0.2, 0) is 20.1 Å². The molecule has 0 unspecified atom stereocenters. The smallest absolute Gasteiger partial charge is 0.332 e. The molecule has 156 valence electrons. The Kier molecular flexibility index (Phi) is 6.81. The number of carbonyl (C=O) groups is 1. The van der Waals surface area contributed by atoms with Crippen LogP contribution in [-0.4, -0.2) is 32.9 Å². The molecule has 2 N–H and O–H groups in total. The number of ketones is 1. The van der Waals surface area contributed by atoms with Crippen LogP contribution in [0.5, 0.6) is 0 Å². The van der Waals surface area contributed by atoms with Gasteiger partial charge in [-0.3, -0.25) is 23.6 Å². The molecule has 0 atom stereocenters. The monoisotopic (exact) mass is 424 g/mol. The van der Waals surface area contributed by atoms with Gasteiger partial charge in [0.2, 0.25) is 0 Å². The number of aromatic nitrogens is 2. The van der Waals surface area contributed by atoms with E-state index in [0.717, 1.165) is 15.0 Å². The van der Waals surface area contributed by atoms with E-state index in [-0.39, 0.29) is 24.5 Å². The van der Waals surface area contributed by atoms with Crippen molar-refractivity contribution in [3.63, 3.8) is 0 Å². The van der Waals surface area contributed by atoms with E-state index in [1.54, 1.807) is 17.4 Å². The number of hydrogen-bond acceptors (Lipinski definition) is 6. The van der Waals surface area contributed by atoms with Gasteiger partial charge in [0.05, 0.1) is 13.1 Å². The zero-order chi connectivity index (χ0) is 21.7. The topological polar surface area (TPSA) is 90.3 Å². The van der Waals surface area contributed by atoms with Gasteiger partial charge in [0.1, 0.15) is 11.4 Å². The van der Waals surface area contributed by atoms with Gasteiger partial charge in [-0.2, -0.15) is 0 Å². The van der Waals surface area contributed by atoms with Crippen LogP contribution < -0.4 is 17.0 Å². The number of benzene rings is 1. The van der Waals surface area contributed by atoms with Crippen molar-refractivity contribution in [2.45, 2.75) is 13.1 Å². The van der Waals surface area contributed by atoms with Crippen molar-refractivity contribution in [2.75, 3.05) is 18.8 Å². The fourth-order valence-corrected chi connectivity index (χ4v) is 3.98. The van der Waals surface area contributed by atoms with Crippen LogP contribution in [0.3, 0.4) is 0 Å². The first-order chi connectivity index (χ1) is 14.4. The quantitative estimate of drug-likeness (QED) is 0.420. The minimum Gasteiger partial charge on any atom is -0.384 e. The molecule has 0 aliphatic heterocycles. The van der Waals surface area contributed by atoms with Crippen molar-refractivity contribution in [1.82, 2.24) is 14.0 Å². The average molecular weight is 425 g/mol. The molecule has 0 aliphatic rings. The summed E-state index contributed by atoms with van der Waals surface area (Å²) in [5, 5.41) is 1.97. The molecule has 0 spiro atoms. The summed E-state index contributed by atoms with van der Waals surface area (Å²) in [6.07, 6.45) is 1.71. The second-order valence-electron chi connectivity index (χ2n) is 6.94. The van der Waals surface area contributed by atoms with E-state index in [0.29, 0.717) is 13.1 Å². The average Bonchev–Trinajstić information content (AvgIpc) is 3.24. The molecular formula is C22H24N4O3S. The number of anilines is 1. The Morgan fingerprint density at radius 2 is 1.93 bits per heavy atom. The highest BCUT2D eigenvalue weighted by Gasteiger charge is 2.23. The van der Waals surface area contributed by atoms with Crippen molar-refractivity contribution >= 4 is 22.9 Å². The maximum atomic E-state index is 13.1. The summed E-state index contributed by atoms with van der Waals surface area (Å²) in [6.45, 7) is 4.95. The van der Waals surface area contributed by atoms with Gasteiger partial charge >= 0.3 is 5.69 Å². The number of nitrogens with zero attached hydrogens (tertiary/aromatic N) is 3. The van der Waals surface area contributed by atoms with Crippen molar-refractivity contribution in [3.8, 4) is 0 Å². The van der Waals surface area contributed by atoms with E-state index in [1.165, 1.54) is 11.6 Å². The Balaban J connectivity index is 1.95. The standard InChI is InChI=1S/C22H24N4O3S/c1-3-11-25(14-17-10-7-12-30-17)15-18(27)19-20(23)26(22(29)24(2)21(19)28)13-16-8-5-4-6-9-16/h3-10,12H,1,11,13-15,23H2,2H3. The van der Waals surface area contributed by atoms with Crippen molar-refractivity contribution < 1.29 is 4.79 Å². The van der Waals surface area contributed by atoms with E-state index in [9.17, 15) is 14.4 Å². The predicted molar refractivity (Wildman–Crippen MR) is 120 cm³/mol. The zero-order valence-electron chi connectivity index (χ0n) is 16.8. The summed E-state index contributed by atoms with van der Waals surface area (Å²) in [4.78, 5) is 41.4. The van der Waals surface area contributed by atoms with Crippen LogP contribution in [0.4, 0.5) is 5.82 Å². The van der Waals surface area contributed by atoms with Crippen molar-refractivity contribution in [2.24, 2.45) is 7.05 Å². The van der Waals surface area contributed by atoms with E-state index in [4.69, 9.17) is 5.73 Å². The highest BCUT2D eigenvalue weighted by molar-refractivity contribution is 7.09. The lowest BCUT2D eigenvalue weighted by atomic mass is 10.1. The number of nitrogen functional groups attached to an aromatic ring is 1. The number of rotatable bonds is 9. The third-order valence-corrected chi connectivity index (χ3v) is 5.62. The first-order valence-corrected chi connectivity index (χ1v) is 10.3. The summed E-state index contributed by atoms with van der Waals surface area (Å²) in [6, 6.07) is 13.2. The Labute approximate surface area is 178 Å². The SMILES string of the molecule is C=CCN(CC(=O)c1c(N)n(Cc2ccccc2)c(=O)n(C)c1=O)Cc1cccs1. The molecule has 1 aromatic carbocycles. The Morgan fingerprint density at radius 3 is 2.57 bits per heavy atom. The Bertz CT molecular complexity index is 1150. The highest BCUT2D eigenvalue weighted by atomic mass is 32.1. The molecule has 0 amide bonds. The third-order valence-electron chi connectivity index (χ3n) is 4.76. The Morgan fingerprint density at radius 1 is 1.20 bits per heavy atom. The first-order valence-electron chi connectivity index (χ1n) is 9.44. The summed E-state index contributed by atoms with van der Waals surface area (Å²) < 4.78 is 2.20. The third kappa shape index (κ3) is 4.67. The van der Waals surface area contributed by atoms with Crippen LogP contribution in [0.15, 0.2) is 70.1 Å². The summed E-state index contributed by atoms with van der Waals surface area (Å²) >= 11 is 1.59. The predicted octanol–water partition coefficient (Wildman–Crippen LogP) is 2.11. The van der Waals surface area contributed by atoms with E-state index in [2.05, 4.69) is 6.58 Å². The normalized spacial score (nSPS) is 11.0. The van der Waals surface area contributed by atoms with E-state index < -0.39 is 17.0 Å². The van der Waals surface area contributed by atoms with Gasteiger partial charge in [0, 0.05) is 25.0 Å². The molecular weight excluding hydrogens is 400 g/mol. The molecule has 30 heavy (non-hydrogen) atoms. The molecule has 0 bridgehead atoms. The molecule has 8 heteroatoms. The largest absolute Gasteiger partial charge is 0.384 e. The van der Waals surface area contributed by atoms with Gasteiger partial charge in [-0.25, -0.2) is 4.79 Å². The van der Waals surface area contributed by atoms with Gasteiger partial charge in [-0.15, -0.1) is 17.9 Å². The minimum absolute atomic E-state index is 0.00704. The molecule has 0 saturated carbocycles. The highest BCUT2D eigenvalue weighted by Crippen LogP contribution is 2.14. The fourth-order valence-electron chi connectivity index (χ4n) is 3.24. The summed E-state index contributed by atoms with van der Waals surface area (Å²) in [5.74, 6) is -0.528. The second-order valence-corrected chi connectivity index (χ2v) is 7.97. The van der Waals surface area contributed by atoms with E-state index in [1.807, 2.05) is 52.7 Å². The van der Waals surface area contributed by atoms with Gasteiger partial charge in [-0.1, -0.05) is 42.5 Å². The summed E-state index contributed by atoms with van der Waals surface area (Å²) in [5.41, 5.74) is 5.63.